The molecule has 3 nitrogen and oxygen atoms in total. The third-order valence-electron chi connectivity index (χ3n) is 0.287. The van der Waals surface area contributed by atoms with Crippen molar-refractivity contribution in [1.29, 1.82) is 0 Å². The fraction of sp³-hybridized carbons (Fsp3) is 0.667. The van der Waals surface area contributed by atoms with Crippen molar-refractivity contribution in [3.8, 4) is 0 Å². The summed E-state index contributed by atoms with van der Waals surface area (Å²) in [4.78, 5) is 9.74. The molecule has 0 spiro atoms. The summed E-state index contributed by atoms with van der Waals surface area (Å²) in [6, 6.07) is 0. The van der Waals surface area contributed by atoms with Gasteiger partial charge in [-0.15, -0.1) is 0 Å². The Morgan fingerprint density at radius 3 is 2.29 bits per heavy atom. The van der Waals surface area contributed by atoms with Crippen LogP contribution in [0.5, 0.6) is 0 Å². The first-order valence-electron chi connectivity index (χ1n) is 1.61. The number of rotatable bonds is 1. The Morgan fingerprint density at radius 1 is 1.86 bits per heavy atom. The molecule has 0 aromatic heterocycles. The van der Waals surface area contributed by atoms with Crippen LogP contribution in [0.1, 0.15) is 6.92 Å². The molecule has 0 unspecified atom stereocenters. The molecule has 0 aliphatic carbocycles. The number of esters is 1. The zero-order valence-corrected chi connectivity index (χ0v) is 3.60. The molecular weight excluding hydrogens is 121 g/mol. The van der Waals surface area contributed by atoms with E-state index in [-0.39, 0.29) is 64.1 Å². The fourth-order valence-electron chi connectivity index (χ4n) is 0.117. The van der Waals surface area contributed by atoms with Crippen LogP contribution in [0.3, 0.4) is 0 Å². The third kappa shape index (κ3) is 11.0. The predicted molar refractivity (Wildman–Crippen MR) is 28.0 cm³/mol. The van der Waals surface area contributed by atoms with E-state index in [0.717, 1.165) is 0 Å². The SMILES string of the molecule is CC(=O)OCN.[KH]. The van der Waals surface area contributed by atoms with Crippen molar-refractivity contribution in [3.05, 3.63) is 0 Å². The quantitative estimate of drug-likeness (QED) is 0.275. The summed E-state index contributed by atoms with van der Waals surface area (Å²) < 4.78 is 4.18. The normalized spacial score (nSPS) is 6.57. The molecular formula is C3H8KNO2. The Hall–Kier alpha value is 1.07. The molecule has 0 aromatic rings. The van der Waals surface area contributed by atoms with Crippen molar-refractivity contribution in [2.75, 3.05) is 6.73 Å². The summed E-state index contributed by atoms with van der Waals surface area (Å²) >= 11 is 0. The Balaban J connectivity index is 0. The van der Waals surface area contributed by atoms with Crippen LogP contribution in [-0.4, -0.2) is 64.1 Å². The monoisotopic (exact) mass is 129 g/mol. The van der Waals surface area contributed by atoms with Gasteiger partial charge in [0.2, 0.25) is 0 Å². The van der Waals surface area contributed by atoms with Crippen molar-refractivity contribution in [2.45, 2.75) is 6.92 Å². The van der Waals surface area contributed by atoms with E-state index in [0.29, 0.717) is 0 Å². The minimum absolute atomic E-state index is 0. The second kappa shape index (κ2) is 7.07. The van der Waals surface area contributed by atoms with Gasteiger partial charge < -0.3 is 4.74 Å². The van der Waals surface area contributed by atoms with Gasteiger partial charge in [0.1, 0.15) is 6.73 Å². The molecule has 0 radical (unpaired) electrons. The van der Waals surface area contributed by atoms with Gasteiger partial charge in [-0.25, -0.2) is 0 Å². The van der Waals surface area contributed by atoms with Crippen LogP contribution in [-0.2, 0) is 9.53 Å². The van der Waals surface area contributed by atoms with Gasteiger partial charge in [0.15, 0.2) is 0 Å². The molecule has 0 saturated heterocycles. The minimum atomic E-state index is -0.336. The van der Waals surface area contributed by atoms with Gasteiger partial charge >= 0.3 is 57.4 Å². The van der Waals surface area contributed by atoms with E-state index in [1.165, 1.54) is 6.92 Å². The van der Waals surface area contributed by atoms with Crippen molar-refractivity contribution in [1.82, 2.24) is 0 Å². The van der Waals surface area contributed by atoms with E-state index >= 15 is 0 Å². The third-order valence-corrected chi connectivity index (χ3v) is 0.287. The van der Waals surface area contributed by atoms with Crippen LogP contribution in [0.25, 0.3) is 0 Å². The molecule has 0 bridgehead atoms. The molecule has 38 valence electrons. The van der Waals surface area contributed by atoms with E-state index in [2.05, 4.69) is 4.74 Å². The summed E-state index contributed by atoms with van der Waals surface area (Å²) in [5, 5.41) is 0. The Bertz CT molecular complexity index is 56.9. The van der Waals surface area contributed by atoms with Gasteiger partial charge in [-0.1, -0.05) is 0 Å². The first-order valence-corrected chi connectivity index (χ1v) is 1.61. The number of carbonyl (C=O) groups is 1. The first-order chi connectivity index (χ1) is 2.77. The molecule has 0 aliphatic rings. The summed E-state index contributed by atoms with van der Waals surface area (Å²) in [6.45, 7) is 1.29. The molecule has 0 aliphatic heterocycles. The van der Waals surface area contributed by atoms with E-state index in [4.69, 9.17) is 5.73 Å². The van der Waals surface area contributed by atoms with Crippen molar-refractivity contribution >= 4 is 57.4 Å². The zero-order valence-electron chi connectivity index (χ0n) is 3.60. The standard InChI is InChI=1S/C3H7NO2.K.H/c1-3(5)6-2-4;;/h2,4H2,1H3;;. The maximum atomic E-state index is 9.74. The Kier molecular flexibility index (Phi) is 11.0. The van der Waals surface area contributed by atoms with Crippen LogP contribution >= 0.6 is 0 Å². The molecule has 0 fully saturated rings. The molecule has 0 aromatic carbocycles. The fourth-order valence-corrected chi connectivity index (χ4v) is 0.117. The van der Waals surface area contributed by atoms with Crippen LogP contribution < -0.4 is 5.73 Å². The van der Waals surface area contributed by atoms with E-state index < -0.39 is 0 Å². The molecule has 2 N–H and O–H groups in total. The zero-order chi connectivity index (χ0) is 4.99. The Labute approximate surface area is 85.0 Å². The summed E-state index contributed by atoms with van der Waals surface area (Å²) in [7, 11) is 0. The summed E-state index contributed by atoms with van der Waals surface area (Å²) in [5.74, 6) is -0.336. The summed E-state index contributed by atoms with van der Waals surface area (Å²) in [5.41, 5.74) is 4.79. The molecule has 0 heterocycles. The molecule has 7 heavy (non-hydrogen) atoms. The molecule has 0 amide bonds. The first kappa shape index (κ1) is 10.9. The van der Waals surface area contributed by atoms with Gasteiger partial charge in [0, 0.05) is 6.92 Å². The van der Waals surface area contributed by atoms with E-state index in [1.54, 1.807) is 0 Å². The number of hydrogen-bond donors (Lipinski definition) is 1. The maximum absolute atomic E-state index is 9.74. The van der Waals surface area contributed by atoms with Crippen molar-refractivity contribution in [3.63, 3.8) is 0 Å². The average Bonchev–Trinajstić information content (AvgIpc) is 1.35. The molecule has 0 atom stereocenters. The van der Waals surface area contributed by atoms with Crippen molar-refractivity contribution in [2.24, 2.45) is 5.73 Å². The van der Waals surface area contributed by atoms with E-state index in [1.807, 2.05) is 0 Å². The van der Waals surface area contributed by atoms with Crippen LogP contribution in [0.2, 0.25) is 0 Å². The van der Waals surface area contributed by atoms with Gasteiger partial charge in [0.25, 0.3) is 0 Å². The van der Waals surface area contributed by atoms with Gasteiger partial charge in [-0.05, 0) is 0 Å². The van der Waals surface area contributed by atoms with E-state index in [9.17, 15) is 4.79 Å². The topological polar surface area (TPSA) is 52.3 Å². The number of hydrogen-bond acceptors (Lipinski definition) is 3. The summed E-state index contributed by atoms with van der Waals surface area (Å²) in [6.07, 6.45) is 0. The average molecular weight is 129 g/mol. The number of nitrogens with two attached hydrogens (primary N) is 1. The van der Waals surface area contributed by atoms with Crippen LogP contribution in [0.4, 0.5) is 0 Å². The second-order valence-electron chi connectivity index (χ2n) is 0.803. The molecule has 4 heteroatoms. The van der Waals surface area contributed by atoms with Gasteiger partial charge in [-0.3, -0.25) is 10.5 Å². The predicted octanol–water partition coefficient (Wildman–Crippen LogP) is -1.18. The van der Waals surface area contributed by atoms with Crippen molar-refractivity contribution < 1.29 is 9.53 Å². The van der Waals surface area contributed by atoms with Crippen LogP contribution in [0.15, 0.2) is 0 Å². The van der Waals surface area contributed by atoms with Gasteiger partial charge in [0.05, 0.1) is 0 Å². The number of ether oxygens (including phenoxy) is 1. The Morgan fingerprint density at radius 2 is 2.29 bits per heavy atom. The second-order valence-corrected chi connectivity index (χ2v) is 0.803. The van der Waals surface area contributed by atoms with Gasteiger partial charge in [-0.2, -0.15) is 0 Å². The molecule has 0 rings (SSSR count). The van der Waals surface area contributed by atoms with Crippen LogP contribution in [0, 0.1) is 0 Å². The number of carbonyl (C=O) groups excluding carboxylic acids is 1. The molecule has 0 saturated carbocycles.